The fourth-order valence-corrected chi connectivity index (χ4v) is 8.89. The molecule has 3 heteroatoms. The van der Waals surface area contributed by atoms with E-state index >= 15 is 0 Å². The predicted molar refractivity (Wildman–Crippen MR) is 95.9 cm³/mol. The van der Waals surface area contributed by atoms with Crippen molar-refractivity contribution in [3.8, 4) is 0 Å². The van der Waals surface area contributed by atoms with E-state index < -0.39 is 0 Å². The summed E-state index contributed by atoms with van der Waals surface area (Å²) in [5.41, 5.74) is 0.411. The van der Waals surface area contributed by atoms with Gasteiger partial charge in [0.15, 0.2) is 0 Å². The zero-order chi connectivity index (χ0) is 17.8. The predicted octanol–water partition coefficient (Wildman–Crippen LogP) is 3.97. The molecule has 4 saturated carbocycles. The molecule has 25 heavy (non-hydrogen) atoms. The fraction of sp³-hybridized carbons (Fsp3) is 0.955. The summed E-state index contributed by atoms with van der Waals surface area (Å²) in [6.07, 6.45) is 7.94. The van der Waals surface area contributed by atoms with Crippen molar-refractivity contribution in [1.29, 1.82) is 0 Å². The van der Waals surface area contributed by atoms with E-state index in [1.807, 2.05) is 6.92 Å². The van der Waals surface area contributed by atoms with Gasteiger partial charge in [0, 0.05) is 17.8 Å². The van der Waals surface area contributed by atoms with Gasteiger partial charge in [0.25, 0.3) is 0 Å². The highest BCUT2D eigenvalue weighted by Crippen LogP contribution is 2.74. The maximum atomic E-state index is 12.4. The summed E-state index contributed by atoms with van der Waals surface area (Å²) in [6, 6.07) is 0. The molecule has 0 aromatic rings. The van der Waals surface area contributed by atoms with Crippen LogP contribution in [0.5, 0.6) is 0 Å². The molecule has 1 aliphatic heterocycles. The molecule has 1 saturated heterocycles. The second-order valence-electron chi connectivity index (χ2n) is 10.8. The zero-order valence-corrected chi connectivity index (χ0v) is 16.3. The molecular formula is C22H34O3. The van der Waals surface area contributed by atoms with Gasteiger partial charge in [0.1, 0.15) is 11.4 Å². The summed E-state index contributed by atoms with van der Waals surface area (Å²) >= 11 is 0. The molecule has 0 aromatic heterocycles. The van der Waals surface area contributed by atoms with Gasteiger partial charge in [0.2, 0.25) is 0 Å². The highest BCUT2D eigenvalue weighted by molar-refractivity contribution is 5.80. The summed E-state index contributed by atoms with van der Waals surface area (Å²) in [5, 5.41) is 10.3. The van der Waals surface area contributed by atoms with E-state index in [0.717, 1.165) is 25.2 Å². The third-order valence-electron chi connectivity index (χ3n) is 9.84. The first-order valence-electron chi connectivity index (χ1n) is 10.6. The van der Waals surface area contributed by atoms with Crippen LogP contribution in [0.1, 0.15) is 72.6 Å². The average Bonchev–Trinajstić information content (AvgIpc) is 3.13. The lowest BCUT2D eigenvalue weighted by atomic mass is 9.44. The lowest BCUT2D eigenvalue weighted by Crippen LogP contribution is -2.58. The fourth-order valence-electron chi connectivity index (χ4n) is 8.89. The molecule has 4 aliphatic carbocycles. The summed E-state index contributed by atoms with van der Waals surface area (Å²) in [6.45, 7) is 9.02. The van der Waals surface area contributed by atoms with Crippen LogP contribution in [0.4, 0.5) is 0 Å². The smallest absolute Gasteiger partial charge is 0.133 e. The van der Waals surface area contributed by atoms with Gasteiger partial charge in [-0.1, -0.05) is 20.8 Å². The van der Waals surface area contributed by atoms with Crippen LogP contribution in [0, 0.1) is 40.4 Å². The van der Waals surface area contributed by atoms with Crippen LogP contribution in [0.3, 0.4) is 0 Å². The average molecular weight is 347 g/mol. The summed E-state index contributed by atoms with van der Waals surface area (Å²) in [4.78, 5) is 12.4. The number of epoxide rings is 1. The standard InChI is InChI=1S/C22H34O3/c1-12-9-17-15-10-18-22(25-18)11-14(24)5-8-21(22,4)16(15)6-7-20(17,3)19(12)13(2)23/h12,14-19,24H,5-11H2,1-4H3. The Balaban J connectivity index is 1.51. The van der Waals surface area contributed by atoms with E-state index in [2.05, 4.69) is 20.8 Å². The highest BCUT2D eigenvalue weighted by Gasteiger charge is 2.76. The lowest BCUT2D eigenvalue weighted by Gasteiger charge is -2.59. The second-order valence-corrected chi connectivity index (χ2v) is 10.8. The van der Waals surface area contributed by atoms with Gasteiger partial charge in [-0.15, -0.1) is 0 Å². The van der Waals surface area contributed by atoms with Crippen LogP contribution in [-0.2, 0) is 9.53 Å². The second kappa shape index (κ2) is 4.90. The van der Waals surface area contributed by atoms with E-state index in [1.165, 1.54) is 25.7 Å². The molecular weight excluding hydrogens is 312 g/mol. The topological polar surface area (TPSA) is 49.8 Å². The van der Waals surface area contributed by atoms with Crippen molar-refractivity contribution in [3.63, 3.8) is 0 Å². The maximum absolute atomic E-state index is 12.4. The van der Waals surface area contributed by atoms with Crippen molar-refractivity contribution < 1.29 is 14.6 Å². The molecule has 0 bridgehead atoms. The largest absolute Gasteiger partial charge is 0.393 e. The van der Waals surface area contributed by atoms with Crippen LogP contribution in [-0.4, -0.2) is 28.7 Å². The summed E-state index contributed by atoms with van der Waals surface area (Å²) < 4.78 is 6.39. The minimum atomic E-state index is -0.169. The van der Waals surface area contributed by atoms with Crippen LogP contribution < -0.4 is 0 Å². The highest BCUT2D eigenvalue weighted by atomic mass is 16.6. The molecule has 0 aromatic carbocycles. The number of ketones is 1. The third-order valence-corrected chi connectivity index (χ3v) is 9.84. The number of ether oxygens (including phenoxy) is 1. The van der Waals surface area contributed by atoms with Gasteiger partial charge in [0.05, 0.1) is 12.2 Å². The van der Waals surface area contributed by atoms with Crippen molar-refractivity contribution in [2.75, 3.05) is 0 Å². The van der Waals surface area contributed by atoms with Crippen molar-refractivity contribution in [3.05, 3.63) is 0 Å². The minimum absolute atomic E-state index is 0.0240. The van der Waals surface area contributed by atoms with Crippen molar-refractivity contribution >= 4 is 5.78 Å². The van der Waals surface area contributed by atoms with E-state index in [9.17, 15) is 9.90 Å². The number of carbonyl (C=O) groups is 1. The Labute approximate surface area is 151 Å². The molecule has 0 radical (unpaired) electrons. The van der Waals surface area contributed by atoms with Crippen molar-refractivity contribution in [2.24, 2.45) is 40.4 Å². The number of rotatable bonds is 1. The Kier molecular flexibility index (Phi) is 3.28. The van der Waals surface area contributed by atoms with Crippen LogP contribution in [0.15, 0.2) is 0 Å². The van der Waals surface area contributed by atoms with Gasteiger partial charge in [-0.2, -0.15) is 0 Å². The van der Waals surface area contributed by atoms with Crippen molar-refractivity contribution in [1.82, 2.24) is 0 Å². The quantitative estimate of drug-likeness (QED) is 0.731. The Morgan fingerprint density at radius 3 is 2.60 bits per heavy atom. The lowest BCUT2D eigenvalue weighted by molar-refractivity contribution is -0.134. The summed E-state index contributed by atoms with van der Waals surface area (Å²) in [5.74, 6) is 3.31. The third kappa shape index (κ3) is 1.87. The van der Waals surface area contributed by atoms with Gasteiger partial charge in [-0.3, -0.25) is 4.79 Å². The Morgan fingerprint density at radius 2 is 1.88 bits per heavy atom. The molecule has 10 atom stereocenters. The normalized spacial score (nSPS) is 62.4. The van der Waals surface area contributed by atoms with Gasteiger partial charge in [-0.25, -0.2) is 0 Å². The number of aliphatic hydroxyl groups is 1. The number of Topliss-reactive ketones (excluding diaryl/α,β-unsaturated/α-hetero) is 1. The Hall–Kier alpha value is -0.410. The molecule has 0 amide bonds. The number of hydrogen-bond donors (Lipinski definition) is 1. The van der Waals surface area contributed by atoms with E-state index in [4.69, 9.17) is 4.74 Å². The Morgan fingerprint density at radius 1 is 1.12 bits per heavy atom. The maximum Gasteiger partial charge on any atom is 0.133 e. The number of carbonyl (C=O) groups excluding carboxylic acids is 1. The number of hydrogen-bond acceptors (Lipinski definition) is 3. The first kappa shape index (κ1) is 16.7. The molecule has 1 N–H and O–H groups in total. The monoisotopic (exact) mass is 346 g/mol. The molecule has 1 heterocycles. The van der Waals surface area contributed by atoms with Gasteiger partial charge >= 0.3 is 0 Å². The van der Waals surface area contributed by atoms with E-state index in [0.29, 0.717) is 29.6 Å². The molecule has 3 nitrogen and oxygen atoms in total. The van der Waals surface area contributed by atoms with Crippen LogP contribution in [0.25, 0.3) is 0 Å². The molecule has 140 valence electrons. The number of fused-ring (bicyclic) bond motifs is 4. The number of aliphatic hydroxyl groups excluding tert-OH is 1. The van der Waals surface area contributed by atoms with E-state index in [-0.39, 0.29) is 28.5 Å². The molecule has 10 unspecified atom stereocenters. The SMILES string of the molecule is CC(=O)C1C(C)CC2C3CC4OC45CC(O)CCC5(C)C3CCC21C. The van der Waals surface area contributed by atoms with Crippen LogP contribution >= 0.6 is 0 Å². The minimum Gasteiger partial charge on any atom is -0.393 e. The van der Waals surface area contributed by atoms with Gasteiger partial charge in [-0.05, 0) is 74.5 Å². The van der Waals surface area contributed by atoms with Gasteiger partial charge < -0.3 is 9.84 Å². The summed E-state index contributed by atoms with van der Waals surface area (Å²) in [7, 11) is 0. The molecule has 5 aliphatic rings. The molecule has 1 spiro atoms. The first-order chi connectivity index (χ1) is 11.7. The molecule has 5 rings (SSSR count). The molecule has 5 fully saturated rings. The van der Waals surface area contributed by atoms with Crippen LogP contribution in [0.2, 0.25) is 0 Å². The Bertz CT molecular complexity index is 616. The zero-order valence-electron chi connectivity index (χ0n) is 16.3. The van der Waals surface area contributed by atoms with E-state index in [1.54, 1.807) is 0 Å². The van der Waals surface area contributed by atoms with Crippen molar-refractivity contribution in [2.45, 2.75) is 90.4 Å². The first-order valence-corrected chi connectivity index (χ1v) is 10.6.